The van der Waals surface area contributed by atoms with Crippen LogP contribution in [0.2, 0.25) is 0 Å². The molecule has 1 aromatic carbocycles. The maximum absolute atomic E-state index is 5.64. The van der Waals surface area contributed by atoms with Crippen LogP contribution < -0.4 is 9.64 Å². The average molecular weight is 275 g/mol. The minimum absolute atomic E-state index is 0.154. The lowest BCUT2D eigenvalue weighted by Gasteiger charge is -2.25. The van der Waals surface area contributed by atoms with E-state index in [9.17, 15) is 0 Å². The molecule has 2 fully saturated rings. The molecule has 0 amide bonds. The lowest BCUT2D eigenvalue weighted by Crippen LogP contribution is -2.23. The van der Waals surface area contributed by atoms with E-state index in [0.29, 0.717) is 11.8 Å². The summed E-state index contributed by atoms with van der Waals surface area (Å²) in [7, 11) is 1.77. The highest BCUT2D eigenvalue weighted by molar-refractivity contribution is 5.61. The first-order valence-corrected chi connectivity index (χ1v) is 7.50. The number of hydrogen-bond acceptors (Lipinski definition) is 3. The molecule has 0 N–H and O–H groups in total. The van der Waals surface area contributed by atoms with Gasteiger partial charge in [-0.2, -0.15) is 0 Å². The van der Waals surface area contributed by atoms with Crippen LogP contribution in [0, 0.1) is 11.8 Å². The van der Waals surface area contributed by atoms with Crippen LogP contribution in [0.15, 0.2) is 18.2 Å². The second kappa shape index (κ2) is 4.96. The molecule has 0 radical (unpaired) electrons. The molecule has 110 valence electrons. The van der Waals surface area contributed by atoms with Gasteiger partial charge in [0.15, 0.2) is 0 Å². The zero-order valence-corrected chi connectivity index (χ0v) is 13.0. The fraction of sp³-hybridized carbons (Fsp3) is 0.647. The summed E-state index contributed by atoms with van der Waals surface area (Å²) in [5.74, 6) is 2.39. The van der Waals surface area contributed by atoms with Crippen molar-refractivity contribution in [1.29, 1.82) is 0 Å². The molecule has 2 aliphatic heterocycles. The summed E-state index contributed by atoms with van der Waals surface area (Å²) in [6, 6.07) is 6.66. The molecule has 2 heterocycles. The summed E-state index contributed by atoms with van der Waals surface area (Å²) in [5.41, 5.74) is 2.71. The Hall–Kier alpha value is -1.22. The minimum Gasteiger partial charge on any atom is -0.495 e. The molecule has 0 aliphatic carbocycles. The van der Waals surface area contributed by atoms with E-state index in [0.717, 1.165) is 32.1 Å². The van der Waals surface area contributed by atoms with Gasteiger partial charge in [0.2, 0.25) is 0 Å². The monoisotopic (exact) mass is 275 g/mol. The normalized spacial score (nSPS) is 25.9. The summed E-state index contributed by atoms with van der Waals surface area (Å²) in [6.07, 6.45) is 0. The first-order chi connectivity index (χ1) is 9.49. The van der Waals surface area contributed by atoms with Crippen molar-refractivity contribution in [2.24, 2.45) is 11.8 Å². The van der Waals surface area contributed by atoms with Gasteiger partial charge in [-0.25, -0.2) is 0 Å². The van der Waals surface area contributed by atoms with E-state index in [-0.39, 0.29) is 5.41 Å². The maximum Gasteiger partial charge on any atom is 0.142 e. The average Bonchev–Trinajstić information content (AvgIpc) is 2.97. The van der Waals surface area contributed by atoms with Crippen LogP contribution in [0.25, 0.3) is 0 Å². The smallest absolute Gasteiger partial charge is 0.142 e. The molecular weight excluding hydrogens is 250 g/mol. The van der Waals surface area contributed by atoms with E-state index in [4.69, 9.17) is 9.47 Å². The van der Waals surface area contributed by atoms with Crippen LogP contribution >= 0.6 is 0 Å². The van der Waals surface area contributed by atoms with E-state index in [1.165, 1.54) is 11.3 Å². The lowest BCUT2D eigenvalue weighted by molar-refractivity contribution is 0.177. The zero-order chi connectivity index (χ0) is 14.3. The van der Waals surface area contributed by atoms with Crippen LogP contribution in [0.4, 0.5) is 5.69 Å². The Labute approximate surface area is 121 Å². The van der Waals surface area contributed by atoms with Crippen molar-refractivity contribution in [2.45, 2.75) is 26.2 Å². The zero-order valence-electron chi connectivity index (χ0n) is 13.0. The highest BCUT2D eigenvalue weighted by atomic mass is 16.5. The number of ether oxygens (including phenoxy) is 2. The molecule has 0 spiro atoms. The van der Waals surface area contributed by atoms with Gasteiger partial charge in [-0.05, 0) is 23.1 Å². The quantitative estimate of drug-likeness (QED) is 0.828. The van der Waals surface area contributed by atoms with Crippen LogP contribution in [-0.2, 0) is 10.2 Å². The molecule has 0 saturated carbocycles. The van der Waals surface area contributed by atoms with Crippen LogP contribution in [0.5, 0.6) is 5.75 Å². The number of anilines is 1. The summed E-state index contributed by atoms with van der Waals surface area (Å²) in [4.78, 5) is 2.46. The van der Waals surface area contributed by atoms with E-state index in [2.05, 4.69) is 43.9 Å². The molecule has 2 saturated heterocycles. The lowest BCUT2D eigenvalue weighted by atomic mass is 9.87. The molecule has 2 atom stereocenters. The molecule has 0 aromatic heterocycles. The number of fused-ring (bicyclic) bond motifs is 1. The van der Waals surface area contributed by atoms with E-state index < -0.39 is 0 Å². The van der Waals surface area contributed by atoms with Crippen molar-refractivity contribution in [1.82, 2.24) is 0 Å². The first-order valence-electron chi connectivity index (χ1n) is 7.50. The first kappa shape index (κ1) is 13.7. The van der Waals surface area contributed by atoms with Crippen molar-refractivity contribution in [3.05, 3.63) is 23.8 Å². The Morgan fingerprint density at radius 1 is 1.15 bits per heavy atom. The Kier molecular flexibility index (Phi) is 3.41. The molecule has 2 unspecified atom stereocenters. The van der Waals surface area contributed by atoms with Gasteiger partial charge in [0.05, 0.1) is 26.0 Å². The van der Waals surface area contributed by atoms with E-state index in [1.807, 2.05) is 0 Å². The van der Waals surface area contributed by atoms with E-state index >= 15 is 0 Å². The topological polar surface area (TPSA) is 21.7 Å². The van der Waals surface area contributed by atoms with Gasteiger partial charge in [0.25, 0.3) is 0 Å². The maximum atomic E-state index is 5.64. The minimum atomic E-state index is 0.154. The molecular formula is C17H25NO2. The van der Waals surface area contributed by atoms with Gasteiger partial charge in [-0.1, -0.05) is 26.8 Å². The third-order valence-corrected chi connectivity index (χ3v) is 4.63. The van der Waals surface area contributed by atoms with Crippen molar-refractivity contribution in [2.75, 3.05) is 38.3 Å². The van der Waals surface area contributed by atoms with Crippen molar-refractivity contribution in [3.8, 4) is 5.75 Å². The Morgan fingerprint density at radius 3 is 2.35 bits per heavy atom. The standard InChI is InChI=1S/C17H25NO2/c1-17(2,3)14-5-6-15(16(7-14)19-4)18-8-12-10-20-11-13(12)9-18/h5-7,12-13H,8-11H2,1-4H3. The van der Waals surface area contributed by atoms with Gasteiger partial charge >= 0.3 is 0 Å². The largest absolute Gasteiger partial charge is 0.495 e. The Morgan fingerprint density at radius 2 is 1.80 bits per heavy atom. The van der Waals surface area contributed by atoms with Crippen LogP contribution in [-0.4, -0.2) is 33.4 Å². The molecule has 3 heteroatoms. The van der Waals surface area contributed by atoms with Gasteiger partial charge in [0.1, 0.15) is 5.75 Å². The Bertz CT molecular complexity index is 480. The molecule has 0 bridgehead atoms. The van der Waals surface area contributed by atoms with Gasteiger partial charge < -0.3 is 14.4 Å². The molecule has 1 aromatic rings. The predicted octanol–water partition coefficient (Wildman–Crippen LogP) is 3.08. The van der Waals surface area contributed by atoms with Crippen LogP contribution in [0.1, 0.15) is 26.3 Å². The van der Waals surface area contributed by atoms with Gasteiger partial charge in [0, 0.05) is 24.9 Å². The van der Waals surface area contributed by atoms with Crippen LogP contribution in [0.3, 0.4) is 0 Å². The SMILES string of the molecule is COc1cc(C(C)(C)C)ccc1N1CC2COCC2C1. The molecule has 2 aliphatic rings. The number of benzene rings is 1. The number of hydrogen-bond donors (Lipinski definition) is 0. The summed E-state index contributed by atoms with van der Waals surface area (Å²) in [6.45, 7) is 10.7. The third-order valence-electron chi connectivity index (χ3n) is 4.63. The van der Waals surface area contributed by atoms with Crippen molar-refractivity contribution < 1.29 is 9.47 Å². The van der Waals surface area contributed by atoms with Crippen molar-refractivity contribution in [3.63, 3.8) is 0 Å². The summed E-state index contributed by atoms with van der Waals surface area (Å²) < 4.78 is 11.2. The number of methoxy groups -OCH3 is 1. The highest BCUT2D eigenvalue weighted by Gasteiger charge is 2.38. The second-order valence-corrected chi connectivity index (χ2v) is 7.10. The fourth-order valence-electron chi connectivity index (χ4n) is 3.29. The number of rotatable bonds is 2. The molecule has 20 heavy (non-hydrogen) atoms. The fourth-order valence-corrected chi connectivity index (χ4v) is 3.29. The molecule has 3 rings (SSSR count). The molecule has 3 nitrogen and oxygen atoms in total. The highest BCUT2D eigenvalue weighted by Crippen LogP contribution is 2.39. The summed E-state index contributed by atoms with van der Waals surface area (Å²) in [5, 5.41) is 0. The van der Waals surface area contributed by atoms with Gasteiger partial charge in [-0.15, -0.1) is 0 Å². The number of nitrogens with zero attached hydrogens (tertiary/aromatic N) is 1. The summed E-state index contributed by atoms with van der Waals surface area (Å²) >= 11 is 0. The Balaban J connectivity index is 1.87. The predicted molar refractivity (Wildman–Crippen MR) is 81.7 cm³/mol. The van der Waals surface area contributed by atoms with E-state index in [1.54, 1.807) is 7.11 Å². The van der Waals surface area contributed by atoms with Gasteiger partial charge in [-0.3, -0.25) is 0 Å². The third kappa shape index (κ3) is 2.39. The van der Waals surface area contributed by atoms with Crippen molar-refractivity contribution >= 4 is 5.69 Å². The second-order valence-electron chi connectivity index (χ2n) is 7.10.